The Hall–Kier alpha value is -2.04. The minimum Gasteiger partial charge on any atom is -0.480 e. The van der Waals surface area contributed by atoms with E-state index in [4.69, 9.17) is 9.84 Å². The summed E-state index contributed by atoms with van der Waals surface area (Å²) in [4.78, 5) is 23.4. The summed E-state index contributed by atoms with van der Waals surface area (Å²) in [6.45, 7) is 2.84. The number of nitrogens with one attached hydrogen (secondary N) is 1. The average Bonchev–Trinajstić information content (AvgIpc) is 2.69. The maximum absolute atomic E-state index is 12.4. The fourth-order valence-electron chi connectivity index (χ4n) is 4.15. The van der Waals surface area contributed by atoms with Crippen molar-refractivity contribution in [2.24, 2.45) is 0 Å². The zero-order valence-corrected chi connectivity index (χ0v) is 16.3. The Morgan fingerprint density at radius 1 is 1.24 bits per heavy atom. The van der Waals surface area contributed by atoms with Crippen LogP contribution in [0.25, 0.3) is 0 Å². The molecule has 1 fully saturated rings. The van der Waals surface area contributed by atoms with Gasteiger partial charge in [0.1, 0.15) is 24.4 Å². The van der Waals surface area contributed by atoms with E-state index in [0.717, 1.165) is 5.56 Å². The molecule has 1 heterocycles. The first-order valence-corrected chi connectivity index (χ1v) is 9.67. The number of benzene rings is 1. The molecule has 6 N–H and O–H groups in total. The molecule has 9 nitrogen and oxygen atoms in total. The molecule has 0 bridgehead atoms. The number of carboxylic acid groups (broad SMARTS) is 1. The summed E-state index contributed by atoms with van der Waals surface area (Å²) in [5, 5.41) is 53.2. The number of carboxylic acids is 1. The number of fused-ring (bicyclic) bond motifs is 1. The third-order valence-electron chi connectivity index (χ3n) is 5.89. The molecule has 0 radical (unpaired) electrons. The van der Waals surface area contributed by atoms with Gasteiger partial charge in [-0.05, 0) is 56.4 Å². The van der Waals surface area contributed by atoms with Crippen LogP contribution < -0.4 is 5.32 Å². The molecule has 3 rings (SSSR count). The van der Waals surface area contributed by atoms with Gasteiger partial charge in [-0.3, -0.25) is 9.59 Å². The molecule has 1 amide bonds. The highest BCUT2D eigenvalue weighted by atomic mass is 16.7. The second-order valence-corrected chi connectivity index (χ2v) is 7.89. The van der Waals surface area contributed by atoms with E-state index >= 15 is 0 Å². The molecule has 29 heavy (non-hydrogen) atoms. The first-order valence-electron chi connectivity index (χ1n) is 9.67. The van der Waals surface area contributed by atoms with Gasteiger partial charge in [0.25, 0.3) is 5.91 Å². The van der Waals surface area contributed by atoms with Crippen LogP contribution in [0.1, 0.15) is 54.1 Å². The predicted octanol–water partition coefficient (Wildman–Crippen LogP) is -0.501. The lowest BCUT2D eigenvalue weighted by Crippen LogP contribution is -2.66. The monoisotopic (exact) mass is 409 g/mol. The molecule has 0 saturated carbocycles. The van der Waals surface area contributed by atoms with Gasteiger partial charge in [-0.2, -0.15) is 0 Å². The van der Waals surface area contributed by atoms with Crippen LogP contribution in [0.5, 0.6) is 0 Å². The Balaban J connectivity index is 1.95. The first kappa shape index (κ1) is 21.7. The summed E-state index contributed by atoms with van der Waals surface area (Å²) < 4.78 is 5.58. The molecule has 1 aromatic rings. The number of aliphatic hydroxyl groups excluding tert-OH is 3. The highest BCUT2D eigenvalue weighted by Crippen LogP contribution is 2.45. The van der Waals surface area contributed by atoms with Gasteiger partial charge in [0.15, 0.2) is 0 Å². The zero-order chi connectivity index (χ0) is 21.5. The van der Waals surface area contributed by atoms with Crippen molar-refractivity contribution in [3.8, 4) is 0 Å². The van der Waals surface area contributed by atoms with Gasteiger partial charge in [-0.25, -0.2) is 0 Å². The van der Waals surface area contributed by atoms with Crippen LogP contribution in [0, 0.1) is 0 Å². The van der Waals surface area contributed by atoms with Crippen molar-refractivity contribution in [1.82, 2.24) is 5.32 Å². The van der Waals surface area contributed by atoms with Crippen molar-refractivity contribution < 1.29 is 39.9 Å². The van der Waals surface area contributed by atoms with Gasteiger partial charge >= 0.3 is 5.97 Å². The predicted molar refractivity (Wildman–Crippen MR) is 100 cm³/mol. The maximum atomic E-state index is 12.4. The Bertz CT molecular complexity index is 799. The van der Waals surface area contributed by atoms with Crippen molar-refractivity contribution in [3.05, 3.63) is 34.9 Å². The van der Waals surface area contributed by atoms with Crippen molar-refractivity contribution in [2.45, 2.75) is 75.3 Å². The smallest absolute Gasteiger partial charge is 0.325 e. The second-order valence-electron chi connectivity index (χ2n) is 7.89. The van der Waals surface area contributed by atoms with Gasteiger partial charge < -0.3 is 35.6 Å². The molecule has 1 aliphatic heterocycles. The molecule has 9 heteroatoms. The van der Waals surface area contributed by atoms with E-state index in [1.54, 1.807) is 18.2 Å². The topological polar surface area (TPSA) is 157 Å². The quantitative estimate of drug-likeness (QED) is 0.389. The Morgan fingerprint density at radius 2 is 1.93 bits per heavy atom. The summed E-state index contributed by atoms with van der Waals surface area (Å²) in [5.74, 6) is -4.62. The van der Waals surface area contributed by atoms with Crippen molar-refractivity contribution in [1.29, 1.82) is 0 Å². The standard InChI is InChI=1S/C20H27NO8/c1-9(19(26)27)21-18(25)12-7-6-11-4-3-5-14(13(11)8-12)20(28)17(24)16(23)15(22)10(2)29-20/h6-10,14-17,22-24,28H,3-5H2,1-2H3,(H,21,25)(H,26,27)/t9-,10+,14?,15-,16-,17+,20-/m1/s1. The van der Waals surface area contributed by atoms with E-state index in [9.17, 15) is 30.0 Å². The lowest BCUT2D eigenvalue weighted by molar-refractivity contribution is -0.352. The van der Waals surface area contributed by atoms with Gasteiger partial charge in [-0.15, -0.1) is 0 Å². The van der Waals surface area contributed by atoms with Crippen molar-refractivity contribution >= 4 is 11.9 Å². The van der Waals surface area contributed by atoms with Gasteiger partial charge in [0.05, 0.1) is 6.10 Å². The van der Waals surface area contributed by atoms with E-state index in [0.29, 0.717) is 24.8 Å². The third-order valence-corrected chi connectivity index (χ3v) is 5.89. The number of hydrogen-bond donors (Lipinski definition) is 6. The van der Waals surface area contributed by atoms with Crippen LogP contribution in [0.15, 0.2) is 18.2 Å². The zero-order valence-electron chi connectivity index (χ0n) is 16.3. The van der Waals surface area contributed by atoms with Crippen LogP contribution in [-0.4, -0.2) is 73.7 Å². The van der Waals surface area contributed by atoms with Crippen LogP contribution in [0.3, 0.4) is 0 Å². The molecule has 2 aliphatic rings. The third kappa shape index (κ3) is 3.88. The molecule has 7 atom stereocenters. The van der Waals surface area contributed by atoms with Crippen LogP contribution >= 0.6 is 0 Å². The summed E-state index contributed by atoms with van der Waals surface area (Å²) in [7, 11) is 0. The highest BCUT2D eigenvalue weighted by Gasteiger charge is 2.56. The normalized spacial score (nSPS) is 35.4. The van der Waals surface area contributed by atoms with E-state index in [2.05, 4.69) is 5.32 Å². The number of hydrogen-bond acceptors (Lipinski definition) is 7. The second kappa shape index (κ2) is 8.00. The number of ether oxygens (including phenoxy) is 1. The molecule has 1 unspecified atom stereocenters. The van der Waals surface area contributed by atoms with E-state index in [-0.39, 0.29) is 5.56 Å². The fourth-order valence-corrected chi connectivity index (χ4v) is 4.15. The van der Waals surface area contributed by atoms with Crippen molar-refractivity contribution in [3.63, 3.8) is 0 Å². The number of rotatable bonds is 4. The highest BCUT2D eigenvalue weighted by molar-refractivity contribution is 5.96. The molecule has 1 aromatic carbocycles. The molecule has 0 spiro atoms. The first-order chi connectivity index (χ1) is 13.6. The number of carbonyl (C=O) groups excluding carboxylic acids is 1. The summed E-state index contributed by atoms with van der Waals surface area (Å²) in [5.41, 5.74) is 1.66. The largest absolute Gasteiger partial charge is 0.480 e. The molecule has 1 aliphatic carbocycles. The van der Waals surface area contributed by atoms with Gasteiger partial charge in [0, 0.05) is 11.5 Å². The molecule has 0 aromatic heterocycles. The van der Waals surface area contributed by atoms with Crippen molar-refractivity contribution in [2.75, 3.05) is 0 Å². The summed E-state index contributed by atoms with van der Waals surface area (Å²) >= 11 is 0. The number of aryl methyl sites for hydroxylation is 1. The lowest BCUT2D eigenvalue weighted by Gasteiger charge is -2.49. The van der Waals surface area contributed by atoms with E-state index in [1.807, 2.05) is 0 Å². The number of carbonyl (C=O) groups is 2. The summed E-state index contributed by atoms with van der Waals surface area (Å²) in [6, 6.07) is 3.79. The minimum atomic E-state index is -2.14. The average molecular weight is 409 g/mol. The van der Waals surface area contributed by atoms with Gasteiger partial charge in [0.2, 0.25) is 5.79 Å². The van der Waals surface area contributed by atoms with E-state index in [1.165, 1.54) is 13.8 Å². The maximum Gasteiger partial charge on any atom is 0.325 e. The lowest BCUT2D eigenvalue weighted by atomic mass is 9.73. The molecule has 160 valence electrons. The number of aliphatic hydroxyl groups is 4. The Labute approximate surface area is 167 Å². The van der Waals surface area contributed by atoms with E-state index < -0.39 is 54.0 Å². The SMILES string of the molecule is C[C@@H]1O[C@](O)(C2CCCc3ccc(C(=O)N[C@H](C)C(=O)O)cc32)[C@@H](O)[C@H](O)[C@@H]1O. The molecular weight excluding hydrogens is 382 g/mol. The number of amides is 1. The summed E-state index contributed by atoms with van der Waals surface area (Å²) in [6.07, 6.45) is -3.75. The molecule has 1 saturated heterocycles. The van der Waals surface area contributed by atoms with Crippen LogP contribution in [0.4, 0.5) is 0 Å². The van der Waals surface area contributed by atoms with Crippen LogP contribution in [-0.2, 0) is 16.0 Å². The molecular formula is C20H27NO8. The minimum absolute atomic E-state index is 0.214. The number of aliphatic carboxylic acids is 1. The Kier molecular flexibility index (Phi) is 5.98. The van der Waals surface area contributed by atoms with Gasteiger partial charge in [-0.1, -0.05) is 6.07 Å². The van der Waals surface area contributed by atoms with Crippen LogP contribution in [0.2, 0.25) is 0 Å². The Morgan fingerprint density at radius 3 is 2.59 bits per heavy atom. The fraction of sp³-hybridized carbons (Fsp3) is 0.600.